The van der Waals surface area contributed by atoms with E-state index in [2.05, 4.69) is 24.9 Å². The summed E-state index contributed by atoms with van der Waals surface area (Å²) in [4.78, 5) is 17.8. The lowest BCUT2D eigenvalue weighted by Gasteiger charge is -2.29. The van der Waals surface area contributed by atoms with Crippen LogP contribution in [0.2, 0.25) is 5.02 Å². The fourth-order valence-corrected chi connectivity index (χ4v) is 3.54. The first-order valence-electron chi connectivity index (χ1n) is 8.38. The molecule has 122 valence electrons. The Morgan fingerprint density at radius 1 is 1.35 bits per heavy atom. The monoisotopic (exact) mass is 330 g/mol. The normalized spacial score (nSPS) is 15.3. The van der Waals surface area contributed by atoms with Gasteiger partial charge in [0.1, 0.15) is 0 Å². The van der Waals surface area contributed by atoms with Gasteiger partial charge in [-0.25, -0.2) is 0 Å². The highest BCUT2D eigenvalue weighted by molar-refractivity contribution is 6.31. The lowest BCUT2D eigenvalue weighted by Crippen LogP contribution is -2.38. The van der Waals surface area contributed by atoms with Gasteiger partial charge in [0, 0.05) is 46.7 Å². The molecule has 4 heteroatoms. The molecule has 0 saturated carbocycles. The molecule has 3 rings (SSSR count). The minimum absolute atomic E-state index is 0.164. The number of H-pyrrole nitrogens is 1. The number of benzene rings is 1. The van der Waals surface area contributed by atoms with E-state index >= 15 is 0 Å². The van der Waals surface area contributed by atoms with Crippen molar-refractivity contribution >= 4 is 34.0 Å². The largest absolute Gasteiger partial charge is 0.361 e. The second kappa shape index (κ2) is 6.79. The first kappa shape index (κ1) is 16.1. The van der Waals surface area contributed by atoms with Crippen LogP contribution in [0.25, 0.3) is 16.5 Å². The van der Waals surface area contributed by atoms with Crippen molar-refractivity contribution in [2.24, 2.45) is 5.92 Å². The lowest BCUT2D eigenvalue weighted by atomic mass is 9.96. The molecule has 23 heavy (non-hydrogen) atoms. The summed E-state index contributed by atoms with van der Waals surface area (Å²) in [5.74, 6) is 0.462. The van der Waals surface area contributed by atoms with E-state index in [-0.39, 0.29) is 5.92 Å². The number of hydrogen-bond acceptors (Lipinski definition) is 1. The zero-order valence-corrected chi connectivity index (χ0v) is 14.5. The summed E-state index contributed by atoms with van der Waals surface area (Å²) < 4.78 is 0. The van der Waals surface area contributed by atoms with Crippen LogP contribution in [0.1, 0.15) is 38.7 Å². The van der Waals surface area contributed by atoms with Gasteiger partial charge in [0.25, 0.3) is 0 Å². The topological polar surface area (TPSA) is 36.1 Å². The van der Waals surface area contributed by atoms with Crippen molar-refractivity contribution in [1.82, 2.24) is 9.88 Å². The fraction of sp³-hybridized carbons (Fsp3) is 0.421. The smallest absolute Gasteiger partial charge is 0.225 e. The molecule has 0 saturated heterocycles. The quantitative estimate of drug-likeness (QED) is 0.852. The molecular formula is C19H23ClN2O. The van der Waals surface area contributed by atoms with Crippen LogP contribution in [0.4, 0.5) is 0 Å². The predicted octanol–water partition coefficient (Wildman–Crippen LogP) is 4.87. The number of carbonyl (C=O) groups is 1. The molecule has 2 aromatic rings. The van der Waals surface area contributed by atoms with Gasteiger partial charge in [0.05, 0.1) is 0 Å². The maximum atomic E-state index is 12.5. The number of hydrogen-bond donors (Lipinski definition) is 1. The zero-order valence-electron chi connectivity index (χ0n) is 13.7. The summed E-state index contributed by atoms with van der Waals surface area (Å²) in [5.41, 5.74) is 3.60. The van der Waals surface area contributed by atoms with Crippen LogP contribution in [0.15, 0.2) is 30.5 Å². The van der Waals surface area contributed by atoms with E-state index in [1.165, 1.54) is 11.1 Å². The summed E-state index contributed by atoms with van der Waals surface area (Å²) in [5, 5.41) is 1.91. The minimum Gasteiger partial charge on any atom is -0.361 e. The van der Waals surface area contributed by atoms with Gasteiger partial charge >= 0.3 is 0 Å². The molecule has 1 aromatic carbocycles. The minimum atomic E-state index is 0.164. The summed E-state index contributed by atoms with van der Waals surface area (Å²) in [7, 11) is 0. The summed E-state index contributed by atoms with van der Waals surface area (Å²) in [6.07, 6.45) is 6.97. The highest BCUT2D eigenvalue weighted by atomic mass is 35.5. The third-order valence-electron chi connectivity index (χ3n) is 4.85. The number of nitrogens with one attached hydrogen (secondary N) is 1. The maximum absolute atomic E-state index is 12.5. The fourth-order valence-electron chi connectivity index (χ4n) is 3.37. The number of rotatable bonds is 4. The molecule has 1 aliphatic rings. The van der Waals surface area contributed by atoms with Crippen molar-refractivity contribution in [2.75, 3.05) is 13.1 Å². The number of halogens is 1. The Kier molecular flexibility index (Phi) is 4.76. The average Bonchev–Trinajstić information content (AvgIpc) is 2.99. The van der Waals surface area contributed by atoms with E-state index < -0.39 is 0 Å². The SMILES string of the molecule is CCC(CC)C(=O)N1CC=C(c2c[nH]c3ccc(Cl)cc23)CC1. The Bertz CT molecular complexity index is 743. The van der Waals surface area contributed by atoms with Crippen LogP contribution < -0.4 is 0 Å². The van der Waals surface area contributed by atoms with Crippen LogP contribution in [0.5, 0.6) is 0 Å². The summed E-state index contributed by atoms with van der Waals surface area (Å²) in [6, 6.07) is 5.91. The van der Waals surface area contributed by atoms with Crippen LogP contribution in [-0.2, 0) is 4.79 Å². The third kappa shape index (κ3) is 3.16. The van der Waals surface area contributed by atoms with Gasteiger partial charge < -0.3 is 9.88 Å². The van der Waals surface area contributed by atoms with Gasteiger partial charge in [-0.1, -0.05) is 31.5 Å². The van der Waals surface area contributed by atoms with Gasteiger partial charge in [-0.05, 0) is 43.0 Å². The Morgan fingerprint density at radius 3 is 2.78 bits per heavy atom. The highest BCUT2D eigenvalue weighted by Gasteiger charge is 2.24. The summed E-state index contributed by atoms with van der Waals surface area (Å²) in [6.45, 7) is 5.69. The van der Waals surface area contributed by atoms with E-state index in [0.29, 0.717) is 12.5 Å². The number of fused-ring (bicyclic) bond motifs is 1. The Balaban J connectivity index is 1.81. The van der Waals surface area contributed by atoms with Crippen LogP contribution in [0, 0.1) is 5.92 Å². The second-order valence-electron chi connectivity index (χ2n) is 6.17. The van der Waals surface area contributed by atoms with E-state index in [9.17, 15) is 4.79 Å². The number of amides is 1. The maximum Gasteiger partial charge on any atom is 0.225 e. The van der Waals surface area contributed by atoms with Crippen molar-refractivity contribution in [3.05, 3.63) is 41.1 Å². The molecule has 0 aliphatic carbocycles. The van der Waals surface area contributed by atoms with Gasteiger partial charge in [-0.15, -0.1) is 0 Å². The zero-order chi connectivity index (χ0) is 16.4. The molecule has 1 N–H and O–H groups in total. The molecule has 0 spiro atoms. The standard InChI is InChI=1S/C19H23ClN2O/c1-3-13(4-2)19(23)22-9-7-14(8-10-22)17-12-21-18-6-5-15(20)11-16(17)18/h5-7,11-13,21H,3-4,8-10H2,1-2H3. The Hall–Kier alpha value is -1.74. The first-order valence-corrected chi connectivity index (χ1v) is 8.76. The van der Waals surface area contributed by atoms with Gasteiger partial charge in [-0.2, -0.15) is 0 Å². The van der Waals surface area contributed by atoms with Crippen molar-refractivity contribution in [3.63, 3.8) is 0 Å². The number of aromatic nitrogens is 1. The van der Waals surface area contributed by atoms with E-state index in [1.54, 1.807) is 0 Å². The Morgan fingerprint density at radius 2 is 2.13 bits per heavy atom. The average molecular weight is 331 g/mol. The Labute approximate surface area is 142 Å². The molecule has 2 heterocycles. The molecular weight excluding hydrogens is 308 g/mol. The molecule has 1 amide bonds. The van der Waals surface area contributed by atoms with Crippen LogP contribution in [0.3, 0.4) is 0 Å². The van der Waals surface area contributed by atoms with Crippen molar-refractivity contribution in [3.8, 4) is 0 Å². The second-order valence-corrected chi connectivity index (χ2v) is 6.61. The molecule has 3 nitrogen and oxygen atoms in total. The molecule has 0 unspecified atom stereocenters. The summed E-state index contributed by atoms with van der Waals surface area (Å²) >= 11 is 6.13. The van der Waals surface area contributed by atoms with E-state index in [4.69, 9.17) is 11.6 Å². The van der Waals surface area contributed by atoms with E-state index in [1.807, 2.05) is 29.3 Å². The molecule has 0 bridgehead atoms. The van der Waals surface area contributed by atoms with Crippen LogP contribution in [-0.4, -0.2) is 28.9 Å². The van der Waals surface area contributed by atoms with Gasteiger partial charge in [-0.3, -0.25) is 4.79 Å². The third-order valence-corrected chi connectivity index (χ3v) is 5.08. The van der Waals surface area contributed by atoms with Crippen molar-refractivity contribution in [2.45, 2.75) is 33.1 Å². The molecule has 1 aromatic heterocycles. The first-order chi connectivity index (χ1) is 11.1. The molecule has 0 fully saturated rings. The van der Waals surface area contributed by atoms with Crippen LogP contribution >= 0.6 is 11.6 Å². The van der Waals surface area contributed by atoms with Crippen molar-refractivity contribution in [1.29, 1.82) is 0 Å². The van der Waals surface area contributed by atoms with E-state index in [0.717, 1.165) is 41.7 Å². The molecule has 0 radical (unpaired) electrons. The number of carbonyl (C=O) groups excluding carboxylic acids is 1. The van der Waals surface area contributed by atoms with Gasteiger partial charge in [0.2, 0.25) is 5.91 Å². The lowest BCUT2D eigenvalue weighted by molar-refractivity contribution is -0.135. The predicted molar refractivity (Wildman–Crippen MR) is 96.6 cm³/mol. The number of nitrogens with zero attached hydrogens (tertiary/aromatic N) is 1. The van der Waals surface area contributed by atoms with Crippen molar-refractivity contribution < 1.29 is 4.79 Å². The van der Waals surface area contributed by atoms with Gasteiger partial charge in [0.15, 0.2) is 0 Å². The number of aromatic amines is 1. The molecule has 1 aliphatic heterocycles. The molecule has 0 atom stereocenters. The highest BCUT2D eigenvalue weighted by Crippen LogP contribution is 2.31.